The van der Waals surface area contributed by atoms with E-state index in [2.05, 4.69) is 5.32 Å². The standard InChI is InChI=1S/C21H27N3O2/c1-23(2)15-9-14-22-20(25)21(26)24(16-18-10-5-3-6-11-18)17-19-12-7-4-8-13-19/h3-8,10-13H,9,14-17H2,1-2H3,(H,22,25). The van der Waals surface area contributed by atoms with E-state index in [1.165, 1.54) is 0 Å². The summed E-state index contributed by atoms with van der Waals surface area (Å²) in [6.07, 6.45) is 0.809. The van der Waals surface area contributed by atoms with E-state index >= 15 is 0 Å². The van der Waals surface area contributed by atoms with E-state index in [0.29, 0.717) is 19.6 Å². The summed E-state index contributed by atoms with van der Waals surface area (Å²) in [5, 5.41) is 2.73. The van der Waals surface area contributed by atoms with Crippen molar-refractivity contribution in [2.45, 2.75) is 19.5 Å². The van der Waals surface area contributed by atoms with Gasteiger partial charge in [-0.3, -0.25) is 9.59 Å². The van der Waals surface area contributed by atoms with Crippen molar-refractivity contribution in [3.63, 3.8) is 0 Å². The zero-order valence-electron chi connectivity index (χ0n) is 15.5. The third kappa shape index (κ3) is 6.69. The van der Waals surface area contributed by atoms with Crippen LogP contribution in [-0.2, 0) is 22.7 Å². The molecule has 2 amide bonds. The zero-order valence-corrected chi connectivity index (χ0v) is 15.5. The molecule has 0 spiro atoms. The summed E-state index contributed by atoms with van der Waals surface area (Å²) >= 11 is 0. The molecular formula is C21H27N3O2. The molecule has 0 fully saturated rings. The molecule has 0 heterocycles. The van der Waals surface area contributed by atoms with Gasteiger partial charge in [-0.15, -0.1) is 0 Å². The second-order valence-electron chi connectivity index (χ2n) is 6.55. The normalized spacial score (nSPS) is 10.6. The maximum atomic E-state index is 12.7. The SMILES string of the molecule is CN(C)CCCNC(=O)C(=O)N(Cc1ccccc1)Cc1ccccc1. The Hall–Kier alpha value is -2.66. The highest BCUT2D eigenvalue weighted by atomic mass is 16.2. The molecule has 5 heteroatoms. The minimum atomic E-state index is -0.546. The number of carbonyl (C=O) groups is 2. The van der Waals surface area contributed by atoms with Crippen molar-refractivity contribution >= 4 is 11.8 Å². The molecule has 2 aromatic rings. The minimum Gasteiger partial charge on any atom is -0.348 e. The van der Waals surface area contributed by atoms with Crippen molar-refractivity contribution < 1.29 is 9.59 Å². The van der Waals surface area contributed by atoms with Gasteiger partial charge in [-0.25, -0.2) is 0 Å². The smallest absolute Gasteiger partial charge is 0.312 e. The number of benzene rings is 2. The molecule has 2 rings (SSSR count). The molecule has 0 unspecified atom stereocenters. The molecule has 0 atom stereocenters. The second-order valence-corrected chi connectivity index (χ2v) is 6.55. The summed E-state index contributed by atoms with van der Waals surface area (Å²) in [4.78, 5) is 28.6. The van der Waals surface area contributed by atoms with E-state index < -0.39 is 11.8 Å². The Balaban J connectivity index is 2.01. The summed E-state index contributed by atoms with van der Waals surface area (Å²) in [7, 11) is 3.96. The van der Waals surface area contributed by atoms with Crippen LogP contribution in [0.5, 0.6) is 0 Å². The predicted molar refractivity (Wildman–Crippen MR) is 103 cm³/mol. The summed E-state index contributed by atoms with van der Waals surface area (Å²) < 4.78 is 0. The fourth-order valence-corrected chi connectivity index (χ4v) is 2.62. The molecule has 2 aromatic carbocycles. The molecule has 0 aliphatic carbocycles. The van der Waals surface area contributed by atoms with Crippen LogP contribution in [0.1, 0.15) is 17.5 Å². The highest BCUT2D eigenvalue weighted by Gasteiger charge is 2.22. The molecular weight excluding hydrogens is 326 g/mol. The van der Waals surface area contributed by atoms with Crippen molar-refractivity contribution in [2.24, 2.45) is 0 Å². The number of nitrogens with zero attached hydrogens (tertiary/aromatic N) is 2. The third-order valence-corrected chi connectivity index (χ3v) is 3.98. The fourth-order valence-electron chi connectivity index (χ4n) is 2.62. The lowest BCUT2D eigenvalue weighted by molar-refractivity contribution is -0.146. The first-order valence-corrected chi connectivity index (χ1v) is 8.86. The van der Waals surface area contributed by atoms with E-state index in [1.807, 2.05) is 79.7 Å². The van der Waals surface area contributed by atoms with Gasteiger partial charge in [-0.2, -0.15) is 0 Å². The Morgan fingerprint density at radius 2 is 1.35 bits per heavy atom. The van der Waals surface area contributed by atoms with E-state index in [9.17, 15) is 9.59 Å². The van der Waals surface area contributed by atoms with Crippen molar-refractivity contribution in [3.8, 4) is 0 Å². The van der Waals surface area contributed by atoms with Crippen LogP contribution in [0, 0.1) is 0 Å². The van der Waals surface area contributed by atoms with Gasteiger partial charge in [0.15, 0.2) is 0 Å². The van der Waals surface area contributed by atoms with E-state index in [1.54, 1.807) is 4.90 Å². The highest BCUT2D eigenvalue weighted by Crippen LogP contribution is 2.10. The fraction of sp³-hybridized carbons (Fsp3) is 0.333. The number of nitrogens with one attached hydrogen (secondary N) is 1. The van der Waals surface area contributed by atoms with Gasteiger partial charge in [0.2, 0.25) is 0 Å². The lowest BCUT2D eigenvalue weighted by atomic mass is 10.1. The van der Waals surface area contributed by atoms with E-state index in [0.717, 1.165) is 24.1 Å². The molecule has 0 aromatic heterocycles. The number of rotatable bonds is 8. The van der Waals surface area contributed by atoms with Crippen LogP contribution in [-0.4, -0.2) is 48.8 Å². The minimum absolute atomic E-state index is 0.402. The molecule has 0 saturated heterocycles. The van der Waals surface area contributed by atoms with Gasteiger partial charge in [0.25, 0.3) is 0 Å². The zero-order chi connectivity index (χ0) is 18.8. The van der Waals surface area contributed by atoms with Gasteiger partial charge < -0.3 is 15.1 Å². The second kappa shape index (κ2) is 10.4. The van der Waals surface area contributed by atoms with Gasteiger partial charge in [-0.05, 0) is 38.2 Å². The van der Waals surface area contributed by atoms with Crippen LogP contribution in [0.15, 0.2) is 60.7 Å². The van der Waals surface area contributed by atoms with Crippen molar-refractivity contribution in [1.82, 2.24) is 15.1 Å². The maximum Gasteiger partial charge on any atom is 0.312 e. The van der Waals surface area contributed by atoms with Gasteiger partial charge in [0, 0.05) is 19.6 Å². The topological polar surface area (TPSA) is 52.7 Å². The quantitative estimate of drug-likeness (QED) is 0.585. The molecule has 138 valence electrons. The van der Waals surface area contributed by atoms with Crippen LogP contribution < -0.4 is 5.32 Å². The number of carbonyl (C=O) groups excluding carboxylic acids is 2. The average molecular weight is 353 g/mol. The van der Waals surface area contributed by atoms with Gasteiger partial charge in [-0.1, -0.05) is 60.7 Å². The lowest BCUT2D eigenvalue weighted by Crippen LogP contribution is -2.43. The first-order valence-electron chi connectivity index (χ1n) is 8.86. The van der Waals surface area contributed by atoms with Crippen molar-refractivity contribution in [2.75, 3.05) is 27.2 Å². The van der Waals surface area contributed by atoms with Crippen LogP contribution in [0.2, 0.25) is 0 Å². The maximum absolute atomic E-state index is 12.7. The Kier molecular flexibility index (Phi) is 7.83. The first kappa shape index (κ1) is 19.7. The van der Waals surface area contributed by atoms with Crippen LogP contribution in [0.25, 0.3) is 0 Å². The monoisotopic (exact) mass is 353 g/mol. The number of amides is 2. The summed E-state index contributed by atoms with van der Waals surface area (Å²) in [6.45, 7) is 2.17. The Morgan fingerprint density at radius 1 is 0.846 bits per heavy atom. The lowest BCUT2D eigenvalue weighted by Gasteiger charge is -2.22. The van der Waals surface area contributed by atoms with Gasteiger partial charge >= 0.3 is 11.8 Å². The molecule has 0 aliphatic heterocycles. The van der Waals surface area contributed by atoms with E-state index in [4.69, 9.17) is 0 Å². The summed E-state index contributed by atoms with van der Waals surface area (Å²) in [6, 6.07) is 19.4. The highest BCUT2D eigenvalue weighted by molar-refractivity contribution is 6.34. The molecule has 0 saturated carbocycles. The molecule has 0 bridgehead atoms. The van der Waals surface area contributed by atoms with Gasteiger partial charge in [0.1, 0.15) is 0 Å². The first-order chi connectivity index (χ1) is 12.6. The van der Waals surface area contributed by atoms with Crippen molar-refractivity contribution in [3.05, 3.63) is 71.8 Å². The van der Waals surface area contributed by atoms with Gasteiger partial charge in [0.05, 0.1) is 0 Å². The predicted octanol–water partition coefficient (Wildman–Crippen LogP) is 2.28. The number of hydrogen-bond donors (Lipinski definition) is 1. The van der Waals surface area contributed by atoms with Crippen LogP contribution >= 0.6 is 0 Å². The van der Waals surface area contributed by atoms with Crippen LogP contribution in [0.4, 0.5) is 0 Å². The molecule has 26 heavy (non-hydrogen) atoms. The molecule has 0 radical (unpaired) electrons. The van der Waals surface area contributed by atoms with Crippen LogP contribution in [0.3, 0.4) is 0 Å². The Labute approximate surface area is 155 Å². The largest absolute Gasteiger partial charge is 0.348 e. The third-order valence-electron chi connectivity index (χ3n) is 3.98. The Bertz CT molecular complexity index is 645. The summed E-state index contributed by atoms with van der Waals surface area (Å²) in [5.74, 6) is -1.04. The average Bonchev–Trinajstić information content (AvgIpc) is 2.65. The molecule has 5 nitrogen and oxygen atoms in total. The Morgan fingerprint density at radius 3 is 1.81 bits per heavy atom. The summed E-state index contributed by atoms with van der Waals surface area (Å²) in [5.41, 5.74) is 1.99. The molecule has 1 N–H and O–H groups in total. The molecule has 0 aliphatic rings. The number of hydrogen-bond acceptors (Lipinski definition) is 3. The van der Waals surface area contributed by atoms with Crippen molar-refractivity contribution in [1.29, 1.82) is 0 Å². The van der Waals surface area contributed by atoms with E-state index in [-0.39, 0.29) is 0 Å².